The van der Waals surface area contributed by atoms with E-state index in [9.17, 15) is 4.79 Å². The molecule has 2 N–H and O–H groups in total. The number of aryl methyl sites for hydroxylation is 1. The molecular weight excluding hydrogens is 458 g/mol. The van der Waals surface area contributed by atoms with Crippen LogP contribution in [0, 0.1) is 0 Å². The number of rotatable bonds is 6. The summed E-state index contributed by atoms with van der Waals surface area (Å²) >= 11 is 6.80. The lowest BCUT2D eigenvalue weighted by Crippen LogP contribution is -2.15. The molecular formula is C24H20ClN5O4. The second kappa shape index (κ2) is 9.03. The summed E-state index contributed by atoms with van der Waals surface area (Å²) in [6.07, 6.45) is 1.43. The Morgan fingerprint density at radius 3 is 2.85 bits per heavy atom. The zero-order valence-corrected chi connectivity index (χ0v) is 18.9. The first-order chi connectivity index (χ1) is 16.5. The number of ether oxygens (including phenoxy) is 2. The number of pyridine rings is 1. The van der Waals surface area contributed by atoms with Crippen LogP contribution in [0.5, 0.6) is 11.5 Å². The van der Waals surface area contributed by atoms with Gasteiger partial charge in [-0.15, -0.1) is 0 Å². The number of hydrogen-bond donors (Lipinski definition) is 2. The van der Waals surface area contributed by atoms with Crippen LogP contribution in [0.25, 0.3) is 22.2 Å². The van der Waals surface area contributed by atoms with Crippen LogP contribution in [-0.2, 0) is 11.8 Å². The molecule has 2 aromatic carbocycles. The number of aliphatic carboxylic acids is 1. The van der Waals surface area contributed by atoms with Crippen LogP contribution in [0.1, 0.15) is 5.69 Å². The van der Waals surface area contributed by atoms with Crippen LogP contribution in [0.4, 0.5) is 11.5 Å². The van der Waals surface area contributed by atoms with Gasteiger partial charge < -0.3 is 19.9 Å². The van der Waals surface area contributed by atoms with Gasteiger partial charge in [0.1, 0.15) is 25.3 Å². The molecule has 0 aliphatic carbocycles. The average molecular weight is 478 g/mol. The largest absolute Gasteiger partial charge is 0.486 e. The molecule has 0 fully saturated rings. The number of anilines is 2. The van der Waals surface area contributed by atoms with Crippen LogP contribution in [0.15, 0.2) is 53.5 Å². The number of carboxylic acids is 1. The van der Waals surface area contributed by atoms with Crippen molar-refractivity contribution in [1.82, 2.24) is 14.8 Å². The fourth-order valence-corrected chi connectivity index (χ4v) is 4.00. The highest BCUT2D eigenvalue weighted by Gasteiger charge is 2.17. The number of aromatic nitrogens is 3. The fourth-order valence-electron chi connectivity index (χ4n) is 3.72. The maximum absolute atomic E-state index is 10.7. The van der Waals surface area contributed by atoms with Crippen molar-refractivity contribution >= 4 is 46.3 Å². The van der Waals surface area contributed by atoms with Crippen molar-refractivity contribution in [3.05, 3.63) is 59.2 Å². The van der Waals surface area contributed by atoms with E-state index in [2.05, 4.69) is 20.4 Å². The Bertz CT molecular complexity index is 1430. The van der Waals surface area contributed by atoms with Gasteiger partial charge in [0, 0.05) is 18.8 Å². The number of carboxylic acid groups (broad SMARTS) is 1. The van der Waals surface area contributed by atoms with Gasteiger partial charge in [-0.25, -0.2) is 4.98 Å². The number of carbonyl (C=O) groups is 1. The van der Waals surface area contributed by atoms with E-state index in [1.165, 1.54) is 6.21 Å². The zero-order chi connectivity index (χ0) is 23.7. The Hall–Kier alpha value is -4.11. The molecule has 34 heavy (non-hydrogen) atoms. The minimum absolute atomic E-state index is 0.319. The first kappa shape index (κ1) is 21.7. The molecule has 0 saturated heterocycles. The number of benzene rings is 2. The second-order valence-electron chi connectivity index (χ2n) is 7.59. The predicted molar refractivity (Wildman–Crippen MR) is 130 cm³/mol. The Balaban J connectivity index is 1.48. The van der Waals surface area contributed by atoms with Crippen LogP contribution < -0.4 is 14.8 Å². The monoisotopic (exact) mass is 477 g/mol. The molecule has 5 rings (SSSR count). The third-order valence-corrected chi connectivity index (χ3v) is 5.68. The summed E-state index contributed by atoms with van der Waals surface area (Å²) in [6, 6.07) is 15.1. The quantitative estimate of drug-likeness (QED) is 0.398. The third-order valence-electron chi connectivity index (χ3n) is 5.27. The van der Waals surface area contributed by atoms with E-state index in [1.807, 2.05) is 49.5 Å². The van der Waals surface area contributed by atoms with E-state index in [4.69, 9.17) is 26.2 Å². The zero-order valence-electron chi connectivity index (χ0n) is 18.2. The van der Waals surface area contributed by atoms with Gasteiger partial charge in [0.2, 0.25) is 0 Å². The Kier molecular flexibility index (Phi) is 5.77. The highest BCUT2D eigenvalue weighted by molar-refractivity contribution is 6.36. The molecule has 0 bridgehead atoms. The van der Waals surface area contributed by atoms with Gasteiger partial charge in [-0.2, -0.15) is 5.10 Å². The van der Waals surface area contributed by atoms with Gasteiger partial charge in [-0.3, -0.25) is 14.5 Å². The van der Waals surface area contributed by atoms with E-state index < -0.39 is 5.97 Å². The van der Waals surface area contributed by atoms with E-state index in [0.717, 1.165) is 16.6 Å². The summed E-state index contributed by atoms with van der Waals surface area (Å²) in [7, 11) is 1.82. The van der Waals surface area contributed by atoms with Crippen molar-refractivity contribution in [2.45, 2.75) is 0 Å². The Morgan fingerprint density at radius 1 is 1.21 bits per heavy atom. The molecule has 2 aromatic heterocycles. The van der Waals surface area contributed by atoms with Gasteiger partial charge in [0.25, 0.3) is 0 Å². The molecule has 0 amide bonds. The number of hydrogen-bond acceptors (Lipinski definition) is 7. The highest BCUT2D eigenvalue weighted by Crippen LogP contribution is 2.40. The predicted octanol–water partition coefficient (Wildman–Crippen LogP) is 4.31. The van der Waals surface area contributed by atoms with Crippen molar-refractivity contribution in [3.63, 3.8) is 0 Å². The SMILES string of the molecule is Cn1nc(Nc2cccc(-c3ccc4c(c3)OCCO4)c2Cl)c2nc(C=NCC(=O)O)ccc21. The summed E-state index contributed by atoms with van der Waals surface area (Å²) in [5.41, 5.74) is 4.35. The van der Waals surface area contributed by atoms with Crippen molar-refractivity contribution < 1.29 is 19.4 Å². The molecule has 9 nitrogen and oxygen atoms in total. The molecule has 3 heterocycles. The van der Waals surface area contributed by atoms with Crippen molar-refractivity contribution in [2.24, 2.45) is 12.0 Å². The fraction of sp³-hybridized carbons (Fsp3) is 0.167. The number of aliphatic imine (C=N–C) groups is 1. The summed E-state index contributed by atoms with van der Waals surface area (Å²) in [5, 5.41) is 17.1. The smallest absolute Gasteiger partial charge is 0.325 e. The Morgan fingerprint density at radius 2 is 2.03 bits per heavy atom. The van der Waals surface area contributed by atoms with Crippen molar-refractivity contribution in [2.75, 3.05) is 25.1 Å². The molecule has 10 heteroatoms. The first-order valence-electron chi connectivity index (χ1n) is 10.5. The van der Waals surface area contributed by atoms with Crippen LogP contribution >= 0.6 is 11.6 Å². The van der Waals surface area contributed by atoms with Crippen molar-refractivity contribution in [3.8, 4) is 22.6 Å². The lowest BCUT2D eigenvalue weighted by atomic mass is 10.0. The van der Waals surface area contributed by atoms with E-state index >= 15 is 0 Å². The van der Waals surface area contributed by atoms with E-state index in [0.29, 0.717) is 52.5 Å². The van der Waals surface area contributed by atoms with Crippen molar-refractivity contribution in [1.29, 1.82) is 0 Å². The lowest BCUT2D eigenvalue weighted by Gasteiger charge is -2.19. The highest BCUT2D eigenvalue weighted by atomic mass is 35.5. The van der Waals surface area contributed by atoms with E-state index in [1.54, 1.807) is 10.7 Å². The van der Waals surface area contributed by atoms with Crippen LogP contribution in [0.2, 0.25) is 5.02 Å². The number of halogens is 1. The maximum atomic E-state index is 10.7. The standard InChI is InChI=1S/C24H20ClN5O4/c1-30-18-7-6-15(12-26-13-21(31)32)27-23(18)24(29-30)28-17-4-2-3-16(22(17)25)14-5-8-19-20(11-14)34-10-9-33-19/h2-8,11-12H,9-10,13H2,1H3,(H,28,29)(H,31,32). The molecule has 0 atom stereocenters. The number of fused-ring (bicyclic) bond motifs is 2. The van der Waals surface area contributed by atoms with Gasteiger partial charge in [0.15, 0.2) is 17.3 Å². The van der Waals surface area contributed by atoms with Gasteiger partial charge in [-0.1, -0.05) is 29.8 Å². The first-order valence-corrected chi connectivity index (χ1v) is 10.9. The molecule has 0 spiro atoms. The normalized spacial score (nSPS) is 12.9. The number of nitrogens with zero attached hydrogens (tertiary/aromatic N) is 4. The topological polar surface area (TPSA) is 111 Å². The molecule has 0 unspecified atom stereocenters. The average Bonchev–Trinajstić information content (AvgIpc) is 3.14. The molecule has 0 saturated carbocycles. The van der Waals surface area contributed by atoms with Crippen LogP contribution in [-0.4, -0.2) is 51.8 Å². The summed E-state index contributed by atoms with van der Waals surface area (Å²) in [6.45, 7) is 0.723. The number of nitrogens with one attached hydrogen (secondary N) is 1. The van der Waals surface area contributed by atoms with Gasteiger partial charge in [0.05, 0.1) is 21.9 Å². The van der Waals surface area contributed by atoms with E-state index in [-0.39, 0.29) is 6.54 Å². The minimum atomic E-state index is -1.01. The molecule has 1 aliphatic heterocycles. The molecule has 172 valence electrons. The second-order valence-corrected chi connectivity index (χ2v) is 7.97. The summed E-state index contributed by atoms with van der Waals surface area (Å²) in [4.78, 5) is 19.2. The molecule has 0 radical (unpaired) electrons. The Labute approximate surface area is 199 Å². The molecule has 4 aromatic rings. The lowest BCUT2D eigenvalue weighted by molar-refractivity contribution is -0.135. The maximum Gasteiger partial charge on any atom is 0.325 e. The third kappa shape index (κ3) is 4.25. The van der Waals surface area contributed by atoms with Gasteiger partial charge >= 0.3 is 5.97 Å². The minimum Gasteiger partial charge on any atom is -0.486 e. The summed E-state index contributed by atoms with van der Waals surface area (Å²) < 4.78 is 13.0. The summed E-state index contributed by atoms with van der Waals surface area (Å²) in [5.74, 6) is 0.921. The van der Waals surface area contributed by atoms with Gasteiger partial charge in [-0.05, 0) is 35.9 Å². The molecule has 1 aliphatic rings. The van der Waals surface area contributed by atoms with Crippen LogP contribution in [0.3, 0.4) is 0 Å².